The summed E-state index contributed by atoms with van der Waals surface area (Å²) < 4.78 is 5.72. The minimum atomic E-state index is -0.537. The Labute approximate surface area is 146 Å². The van der Waals surface area contributed by atoms with Gasteiger partial charge in [-0.15, -0.1) is 0 Å². The Balaban J connectivity index is 1.55. The number of benzene rings is 1. The number of piperazine rings is 1. The van der Waals surface area contributed by atoms with Gasteiger partial charge in [-0.3, -0.25) is 4.79 Å². The van der Waals surface area contributed by atoms with E-state index in [1.165, 1.54) is 0 Å². The van der Waals surface area contributed by atoms with Crippen LogP contribution in [0.5, 0.6) is 5.75 Å². The van der Waals surface area contributed by atoms with E-state index in [2.05, 4.69) is 9.88 Å². The van der Waals surface area contributed by atoms with Gasteiger partial charge in [-0.25, -0.2) is 4.98 Å². The van der Waals surface area contributed by atoms with Crippen molar-refractivity contribution in [1.82, 2.24) is 9.88 Å². The fourth-order valence-electron chi connectivity index (χ4n) is 2.75. The van der Waals surface area contributed by atoms with Gasteiger partial charge in [-0.2, -0.15) is 0 Å². The van der Waals surface area contributed by atoms with Crippen LogP contribution in [0.3, 0.4) is 0 Å². The second-order valence-electron chi connectivity index (χ2n) is 5.72. The van der Waals surface area contributed by atoms with Crippen LogP contribution in [0.2, 0.25) is 5.02 Å². The molecule has 1 fully saturated rings. The Bertz CT molecular complexity index is 688. The normalized spacial score (nSPS) is 15.9. The summed E-state index contributed by atoms with van der Waals surface area (Å²) in [7, 11) is 0. The lowest BCUT2D eigenvalue weighted by atomic mass is 10.2. The standard InChI is InChI=1S/C18H20ClN3O2/c1-14(24-16-6-4-5-15(19)13-16)18(23)22-11-9-21(10-12-22)17-7-2-3-8-20-17/h2-8,13-14H,9-12H2,1H3. The Morgan fingerprint density at radius 3 is 2.62 bits per heavy atom. The van der Waals surface area contributed by atoms with Crippen LogP contribution in [0, 0.1) is 0 Å². The van der Waals surface area contributed by atoms with Crippen molar-refractivity contribution in [2.24, 2.45) is 0 Å². The maximum atomic E-state index is 12.6. The van der Waals surface area contributed by atoms with Crippen molar-refractivity contribution in [2.45, 2.75) is 13.0 Å². The fraction of sp³-hybridized carbons (Fsp3) is 0.333. The number of hydrogen-bond acceptors (Lipinski definition) is 4. The molecule has 1 saturated heterocycles. The van der Waals surface area contributed by atoms with Crippen LogP contribution in [-0.2, 0) is 4.79 Å². The molecule has 1 amide bonds. The first-order chi connectivity index (χ1) is 11.6. The number of carbonyl (C=O) groups excluding carboxylic acids is 1. The lowest BCUT2D eigenvalue weighted by Gasteiger charge is -2.36. The second-order valence-corrected chi connectivity index (χ2v) is 6.15. The molecule has 0 radical (unpaired) electrons. The second kappa shape index (κ2) is 7.53. The molecular weight excluding hydrogens is 326 g/mol. The van der Waals surface area contributed by atoms with Crippen molar-refractivity contribution in [3.63, 3.8) is 0 Å². The molecule has 1 aliphatic rings. The van der Waals surface area contributed by atoms with Gasteiger partial charge in [-0.1, -0.05) is 23.7 Å². The van der Waals surface area contributed by atoms with Crippen molar-refractivity contribution in [3.8, 4) is 5.75 Å². The van der Waals surface area contributed by atoms with Gasteiger partial charge in [0.05, 0.1) is 0 Å². The topological polar surface area (TPSA) is 45.7 Å². The first kappa shape index (κ1) is 16.6. The number of aromatic nitrogens is 1. The van der Waals surface area contributed by atoms with Crippen LogP contribution in [-0.4, -0.2) is 48.1 Å². The smallest absolute Gasteiger partial charge is 0.263 e. The summed E-state index contributed by atoms with van der Waals surface area (Å²) >= 11 is 5.94. The predicted molar refractivity (Wildman–Crippen MR) is 94.6 cm³/mol. The van der Waals surface area contributed by atoms with Gasteiger partial charge < -0.3 is 14.5 Å². The maximum absolute atomic E-state index is 12.6. The number of carbonyl (C=O) groups is 1. The molecule has 0 N–H and O–H groups in total. The molecule has 6 heteroatoms. The van der Waals surface area contributed by atoms with Gasteiger partial charge in [0.1, 0.15) is 11.6 Å². The minimum absolute atomic E-state index is 0.00403. The Morgan fingerprint density at radius 1 is 1.17 bits per heavy atom. The maximum Gasteiger partial charge on any atom is 0.263 e. The summed E-state index contributed by atoms with van der Waals surface area (Å²) in [6.45, 7) is 4.64. The zero-order valence-corrected chi connectivity index (χ0v) is 14.3. The third-order valence-electron chi connectivity index (χ3n) is 4.02. The number of ether oxygens (including phenoxy) is 1. The number of hydrogen-bond donors (Lipinski definition) is 0. The highest BCUT2D eigenvalue weighted by atomic mass is 35.5. The van der Waals surface area contributed by atoms with Gasteiger partial charge in [0, 0.05) is 37.4 Å². The summed E-state index contributed by atoms with van der Waals surface area (Å²) in [6, 6.07) is 13.0. The van der Waals surface area contributed by atoms with Crippen LogP contribution in [0.15, 0.2) is 48.7 Å². The zero-order valence-electron chi connectivity index (χ0n) is 13.6. The average molecular weight is 346 g/mol. The number of amides is 1. The molecule has 5 nitrogen and oxygen atoms in total. The number of halogens is 1. The molecule has 24 heavy (non-hydrogen) atoms. The van der Waals surface area contributed by atoms with E-state index in [1.54, 1.807) is 37.4 Å². The van der Waals surface area contributed by atoms with E-state index >= 15 is 0 Å². The fourth-order valence-corrected chi connectivity index (χ4v) is 2.93. The van der Waals surface area contributed by atoms with Crippen molar-refractivity contribution < 1.29 is 9.53 Å². The quantitative estimate of drug-likeness (QED) is 0.854. The van der Waals surface area contributed by atoms with E-state index in [0.717, 1.165) is 18.9 Å². The molecule has 1 aromatic carbocycles. The molecule has 2 heterocycles. The van der Waals surface area contributed by atoms with Crippen LogP contribution in [0.1, 0.15) is 6.92 Å². The van der Waals surface area contributed by atoms with Gasteiger partial charge in [0.15, 0.2) is 6.10 Å². The molecule has 1 unspecified atom stereocenters. The number of rotatable bonds is 4. The van der Waals surface area contributed by atoms with E-state index in [1.807, 2.05) is 23.1 Å². The average Bonchev–Trinajstić information content (AvgIpc) is 2.62. The molecule has 126 valence electrons. The molecule has 1 aromatic heterocycles. The Kier molecular flexibility index (Phi) is 5.20. The minimum Gasteiger partial charge on any atom is -0.481 e. The Morgan fingerprint density at radius 2 is 1.96 bits per heavy atom. The summed E-state index contributed by atoms with van der Waals surface area (Å²) in [4.78, 5) is 20.9. The van der Waals surface area contributed by atoms with E-state index in [4.69, 9.17) is 16.3 Å². The highest BCUT2D eigenvalue weighted by Gasteiger charge is 2.26. The van der Waals surface area contributed by atoms with Crippen molar-refractivity contribution in [2.75, 3.05) is 31.1 Å². The Hall–Kier alpha value is -2.27. The van der Waals surface area contributed by atoms with Crippen LogP contribution in [0.4, 0.5) is 5.82 Å². The third-order valence-corrected chi connectivity index (χ3v) is 4.26. The van der Waals surface area contributed by atoms with E-state index in [0.29, 0.717) is 23.9 Å². The van der Waals surface area contributed by atoms with Crippen LogP contribution >= 0.6 is 11.6 Å². The van der Waals surface area contributed by atoms with Gasteiger partial charge >= 0.3 is 0 Å². The molecule has 1 atom stereocenters. The number of nitrogens with zero attached hydrogens (tertiary/aromatic N) is 3. The van der Waals surface area contributed by atoms with E-state index in [-0.39, 0.29) is 5.91 Å². The largest absolute Gasteiger partial charge is 0.481 e. The predicted octanol–water partition coefficient (Wildman–Crippen LogP) is 2.85. The summed E-state index contributed by atoms with van der Waals surface area (Å²) in [5.41, 5.74) is 0. The summed E-state index contributed by atoms with van der Waals surface area (Å²) in [5, 5.41) is 0.594. The molecule has 0 bridgehead atoms. The van der Waals surface area contributed by atoms with Crippen molar-refractivity contribution >= 4 is 23.3 Å². The highest BCUT2D eigenvalue weighted by Crippen LogP contribution is 2.19. The molecule has 3 rings (SSSR count). The number of pyridine rings is 1. The first-order valence-electron chi connectivity index (χ1n) is 8.00. The molecule has 1 aliphatic heterocycles. The van der Waals surface area contributed by atoms with Crippen molar-refractivity contribution in [3.05, 3.63) is 53.7 Å². The van der Waals surface area contributed by atoms with Crippen LogP contribution in [0.25, 0.3) is 0 Å². The molecule has 0 spiro atoms. The lowest BCUT2D eigenvalue weighted by Crippen LogP contribution is -2.52. The summed E-state index contributed by atoms with van der Waals surface area (Å²) in [5.74, 6) is 1.55. The SMILES string of the molecule is CC(Oc1cccc(Cl)c1)C(=O)N1CCN(c2ccccn2)CC1. The lowest BCUT2D eigenvalue weighted by molar-refractivity contribution is -0.138. The van der Waals surface area contributed by atoms with Crippen molar-refractivity contribution in [1.29, 1.82) is 0 Å². The molecule has 0 saturated carbocycles. The first-order valence-corrected chi connectivity index (χ1v) is 8.38. The van der Waals surface area contributed by atoms with Gasteiger partial charge in [0.25, 0.3) is 5.91 Å². The van der Waals surface area contributed by atoms with Crippen LogP contribution < -0.4 is 9.64 Å². The third kappa shape index (κ3) is 3.97. The zero-order chi connectivity index (χ0) is 16.9. The monoisotopic (exact) mass is 345 g/mol. The molecular formula is C18H20ClN3O2. The molecule has 2 aromatic rings. The van der Waals surface area contributed by atoms with Gasteiger partial charge in [0.2, 0.25) is 0 Å². The van der Waals surface area contributed by atoms with Gasteiger partial charge in [-0.05, 0) is 37.3 Å². The van der Waals surface area contributed by atoms with E-state index in [9.17, 15) is 4.79 Å². The summed E-state index contributed by atoms with van der Waals surface area (Å²) in [6.07, 6.45) is 1.25. The highest BCUT2D eigenvalue weighted by molar-refractivity contribution is 6.30. The number of anilines is 1. The molecule has 0 aliphatic carbocycles. The van der Waals surface area contributed by atoms with E-state index < -0.39 is 6.10 Å².